The lowest BCUT2D eigenvalue weighted by atomic mass is 9.87. The van der Waals surface area contributed by atoms with Crippen LogP contribution in [0, 0.1) is 5.92 Å². The monoisotopic (exact) mass is 231 g/mol. The molecular formula is C17H27. The molecule has 0 N–H and O–H groups in total. The van der Waals surface area contributed by atoms with Crippen molar-refractivity contribution in [3.8, 4) is 0 Å². The van der Waals surface area contributed by atoms with Crippen molar-refractivity contribution in [3.63, 3.8) is 0 Å². The van der Waals surface area contributed by atoms with E-state index >= 15 is 0 Å². The lowest BCUT2D eigenvalue weighted by Gasteiger charge is -2.18. The first-order valence-electron chi connectivity index (χ1n) is 7.26. The van der Waals surface area contributed by atoms with Crippen molar-refractivity contribution in [3.05, 3.63) is 41.3 Å². The average Bonchev–Trinajstić information content (AvgIpc) is 2.39. The van der Waals surface area contributed by atoms with E-state index in [1.807, 2.05) is 0 Å². The van der Waals surface area contributed by atoms with Crippen molar-refractivity contribution in [2.24, 2.45) is 0 Å². The normalized spacial score (nSPS) is 11.1. The molecule has 95 valence electrons. The molecule has 1 radical (unpaired) electrons. The highest BCUT2D eigenvalue weighted by molar-refractivity contribution is 5.38. The van der Waals surface area contributed by atoms with Gasteiger partial charge in [-0.1, -0.05) is 70.7 Å². The van der Waals surface area contributed by atoms with Gasteiger partial charge in [-0.05, 0) is 30.4 Å². The summed E-state index contributed by atoms with van der Waals surface area (Å²) in [4.78, 5) is 0. The van der Waals surface area contributed by atoms with E-state index < -0.39 is 0 Å². The third kappa shape index (κ3) is 4.53. The smallest absolute Gasteiger partial charge is 0.00499 e. The summed E-state index contributed by atoms with van der Waals surface area (Å²) in [5.74, 6) is 1.65. The van der Waals surface area contributed by atoms with Crippen LogP contribution in [0.25, 0.3) is 0 Å². The van der Waals surface area contributed by atoms with Crippen molar-refractivity contribution in [2.45, 2.75) is 65.7 Å². The Morgan fingerprint density at radius 2 is 1.71 bits per heavy atom. The number of hydrogen-bond acceptors (Lipinski definition) is 0. The molecule has 0 heterocycles. The van der Waals surface area contributed by atoms with Crippen molar-refractivity contribution in [1.82, 2.24) is 0 Å². The maximum Gasteiger partial charge on any atom is 0.00499 e. The maximum atomic E-state index is 2.30. The topological polar surface area (TPSA) is 0 Å². The fourth-order valence-corrected chi connectivity index (χ4v) is 2.44. The first-order valence-corrected chi connectivity index (χ1v) is 7.26. The van der Waals surface area contributed by atoms with Gasteiger partial charge in [-0.2, -0.15) is 0 Å². The zero-order chi connectivity index (χ0) is 12.5. The van der Waals surface area contributed by atoms with Crippen LogP contribution < -0.4 is 0 Å². The second kappa shape index (κ2) is 8.33. The highest BCUT2D eigenvalue weighted by atomic mass is 14.2. The third-order valence-corrected chi connectivity index (χ3v) is 3.54. The van der Waals surface area contributed by atoms with E-state index in [1.54, 1.807) is 5.92 Å². The van der Waals surface area contributed by atoms with E-state index in [0.29, 0.717) is 0 Å². The van der Waals surface area contributed by atoms with Crippen LogP contribution in [0.3, 0.4) is 0 Å². The molecule has 0 unspecified atom stereocenters. The summed E-state index contributed by atoms with van der Waals surface area (Å²) in [6.07, 6.45) is 9.08. The molecule has 0 fully saturated rings. The molecular weight excluding hydrogens is 204 g/mol. The summed E-state index contributed by atoms with van der Waals surface area (Å²) in [6, 6.07) is 8.91. The Labute approximate surface area is 107 Å². The fraction of sp³-hybridized carbons (Fsp3) is 0.588. The highest BCUT2D eigenvalue weighted by Gasteiger charge is 2.12. The summed E-state index contributed by atoms with van der Waals surface area (Å²) in [6.45, 7) is 6.82. The number of hydrogen-bond donors (Lipinski definition) is 0. The Kier molecular flexibility index (Phi) is 7.00. The molecule has 0 aromatic heterocycles. The second-order valence-corrected chi connectivity index (χ2v) is 4.78. The molecule has 0 heteroatoms. The van der Waals surface area contributed by atoms with Crippen molar-refractivity contribution in [2.75, 3.05) is 0 Å². The van der Waals surface area contributed by atoms with Crippen molar-refractivity contribution < 1.29 is 0 Å². The minimum atomic E-state index is 1.15. The van der Waals surface area contributed by atoms with Gasteiger partial charge in [-0.25, -0.2) is 0 Å². The molecule has 17 heavy (non-hydrogen) atoms. The molecule has 0 nitrogen and oxygen atoms in total. The molecule has 0 atom stereocenters. The lowest BCUT2D eigenvalue weighted by Crippen LogP contribution is -2.02. The Hall–Kier alpha value is -0.780. The van der Waals surface area contributed by atoms with E-state index in [0.717, 1.165) is 6.42 Å². The molecule has 0 aliphatic rings. The van der Waals surface area contributed by atoms with Gasteiger partial charge in [-0.3, -0.25) is 0 Å². The van der Waals surface area contributed by atoms with E-state index in [9.17, 15) is 0 Å². The summed E-state index contributed by atoms with van der Waals surface area (Å²) >= 11 is 0. The third-order valence-electron chi connectivity index (χ3n) is 3.54. The Morgan fingerprint density at radius 1 is 0.941 bits per heavy atom. The summed E-state index contributed by atoms with van der Waals surface area (Å²) in [5, 5.41) is 0. The molecule has 0 bridgehead atoms. The summed E-state index contributed by atoms with van der Waals surface area (Å²) < 4.78 is 0. The zero-order valence-corrected chi connectivity index (χ0v) is 11.8. The van der Waals surface area contributed by atoms with Crippen LogP contribution in [0.5, 0.6) is 0 Å². The van der Waals surface area contributed by atoms with Crippen LogP contribution >= 0.6 is 0 Å². The Morgan fingerprint density at radius 3 is 2.35 bits per heavy atom. The van der Waals surface area contributed by atoms with Crippen LogP contribution in [0.2, 0.25) is 0 Å². The number of aryl methyl sites for hydroxylation is 1. The molecule has 0 saturated carbocycles. The number of rotatable bonds is 8. The van der Waals surface area contributed by atoms with Crippen LogP contribution in [-0.4, -0.2) is 0 Å². The predicted octanol–water partition coefficient (Wildman–Crippen LogP) is 5.55. The molecule has 1 aromatic carbocycles. The molecule has 0 amide bonds. The van der Waals surface area contributed by atoms with Gasteiger partial charge in [0.1, 0.15) is 0 Å². The van der Waals surface area contributed by atoms with Crippen molar-refractivity contribution >= 4 is 0 Å². The maximum absolute atomic E-state index is 2.30. The molecule has 0 aliphatic carbocycles. The predicted molar refractivity (Wildman–Crippen MR) is 77.2 cm³/mol. The van der Waals surface area contributed by atoms with E-state index in [-0.39, 0.29) is 0 Å². The minimum Gasteiger partial charge on any atom is -0.0654 e. The fourth-order valence-electron chi connectivity index (χ4n) is 2.44. The second-order valence-electron chi connectivity index (χ2n) is 4.78. The number of benzene rings is 1. The first-order chi connectivity index (χ1) is 8.33. The number of unbranched alkanes of at least 4 members (excludes halogenated alkanes) is 3. The molecule has 0 spiro atoms. The van der Waals surface area contributed by atoms with Gasteiger partial charge < -0.3 is 0 Å². The Balaban J connectivity index is 2.59. The molecule has 0 saturated heterocycles. The Bertz CT molecular complexity index is 301. The highest BCUT2D eigenvalue weighted by Crippen LogP contribution is 2.27. The SMILES string of the molecule is CCCCCC[C](CC)c1ccccc1CC. The van der Waals surface area contributed by atoms with Gasteiger partial charge in [-0.15, -0.1) is 0 Å². The minimum absolute atomic E-state index is 1.15. The van der Waals surface area contributed by atoms with Gasteiger partial charge in [0, 0.05) is 5.92 Å². The van der Waals surface area contributed by atoms with Gasteiger partial charge in [0.2, 0.25) is 0 Å². The molecule has 0 aliphatic heterocycles. The lowest BCUT2D eigenvalue weighted by molar-refractivity contribution is 0.631. The van der Waals surface area contributed by atoms with Crippen LogP contribution in [-0.2, 0) is 6.42 Å². The van der Waals surface area contributed by atoms with Gasteiger partial charge in [0.25, 0.3) is 0 Å². The molecule has 1 aromatic rings. The zero-order valence-electron chi connectivity index (χ0n) is 11.8. The van der Waals surface area contributed by atoms with Gasteiger partial charge >= 0.3 is 0 Å². The summed E-state index contributed by atoms with van der Waals surface area (Å²) in [7, 11) is 0. The van der Waals surface area contributed by atoms with Crippen LogP contribution in [0.15, 0.2) is 24.3 Å². The van der Waals surface area contributed by atoms with Crippen LogP contribution in [0.1, 0.15) is 70.4 Å². The van der Waals surface area contributed by atoms with E-state index in [2.05, 4.69) is 45.0 Å². The van der Waals surface area contributed by atoms with Crippen LogP contribution in [0.4, 0.5) is 0 Å². The van der Waals surface area contributed by atoms with E-state index in [1.165, 1.54) is 49.7 Å². The van der Waals surface area contributed by atoms with Crippen molar-refractivity contribution in [1.29, 1.82) is 0 Å². The van der Waals surface area contributed by atoms with Gasteiger partial charge in [0.05, 0.1) is 0 Å². The first kappa shape index (κ1) is 14.3. The van der Waals surface area contributed by atoms with Gasteiger partial charge in [0.15, 0.2) is 0 Å². The quantitative estimate of drug-likeness (QED) is 0.514. The largest absolute Gasteiger partial charge is 0.0654 e. The van der Waals surface area contributed by atoms with E-state index in [4.69, 9.17) is 0 Å². The standard InChI is InChI=1S/C17H27/c1-4-7-8-9-12-15(5-2)17-14-11-10-13-16(17)6-3/h10-11,13-14H,4-9,12H2,1-3H3. The molecule has 1 rings (SSSR count). The average molecular weight is 231 g/mol. The summed E-state index contributed by atoms with van der Waals surface area (Å²) in [5.41, 5.74) is 3.04.